The molecule has 0 aliphatic heterocycles. The molecule has 0 aromatic heterocycles. The van der Waals surface area contributed by atoms with Gasteiger partial charge in [-0.3, -0.25) is 4.79 Å². The van der Waals surface area contributed by atoms with Crippen LogP contribution in [0.4, 0.5) is 0 Å². The van der Waals surface area contributed by atoms with Gasteiger partial charge < -0.3 is 16.4 Å². The molecule has 0 aliphatic rings. The van der Waals surface area contributed by atoms with Gasteiger partial charge in [-0.25, -0.2) is 0 Å². The quantitative estimate of drug-likeness (QED) is 0.541. The first-order valence-corrected chi connectivity index (χ1v) is 4.79. The summed E-state index contributed by atoms with van der Waals surface area (Å²) in [5.74, 6) is 0.0896. The number of nitrogens with one attached hydrogen (secondary N) is 2. The van der Waals surface area contributed by atoms with Gasteiger partial charge in [0.25, 0.3) is 0 Å². The third-order valence-electron chi connectivity index (χ3n) is 1.65. The lowest BCUT2D eigenvalue weighted by Gasteiger charge is -2.12. The van der Waals surface area contributed by atoms with Crippen LogP contribution in [0.25, 0.3) is 0 Å². The van der Waals surface area contributed by atoms with Gasteiger partial charge in [-0.2, -0.15) is 0 Å². The summed E-state index contributed by atoms with van der Waals surface area (Å²) in [6.45, 7) is 7.20. The molecule has 0 bridgehead atoms. The predicted octanol–water partition coefficient (Wildman–Crippen LogP) is -0.162. The second kappa shape index (κ2) is 6.86. The zero-order valence-corrected chi connectivity index (χ0v) is 8.76. The molecule has 4 nitrogen and oxygen atoms in total. The number of nitrogens with two attached hydrogens (primary N) is 1. The van der Waals surface area contributed by atoms with Crippen LogP contribution >= 0.6 is 0 Å². The summed E-state index contributed by atoms with van der Waals surface area (Å²) in [6, 6.07) is 0.506. The van der Waals surface area contributed by atoms with Gasteiger partial charge in [0, 0.05) is 31.6 Å². The molecule has 0 fully saturated rings. The summed E-state index contributed by atoms with van der Waals surface area (Å²) in [5.41, 5.74) is 5.41. The molecule has 1 atom stereocenters. The molecule has 78 valence electrons. The summed E-state index contributed by atoms with van der Waals surface area (Å²) in [5, 5.41) is 5.97. The highest BCUT2D eigenvalue weighted by atomic mass is 16.1. The van der Waals surface area contributed by atoms with Crippen molar-refractivity contribution in [1.82, 2.24) is 10.6 Å². The highest BCUT2D eigenvalue weighted by Gasteiger charge is 2.03. The van der Waals surface area contributed by atoms with E-state index >= 15 is 0 Å². The monoisotopic (exact) mass is 187 g/mol. The summed E-state index contributed by atoms with van der Waals surface area (Å²) >= 11 is 0. The van der Waals surface area contributed by atoms with Crippen molar-refractivity contribution in [3.8, 4) is 0 Å². The lowest BCUT2D eigenvalue weighted by molar-refractivity contribution is -0.121. The minimum atomic E-state index is 0.0896. The van der Waals surface area contributed by atoms with Gasteiger partial charge in [0.05, 0.1) is 0 Å². The third-order valence-corrected chi connectivity index (χ3v) is 1.65. The van der Waals surface area contributed by atoms with E-state index in [9.17, 15) is 4.79 Å². The normalized spacial score (nSPS) is 13.0. The van der Waals surface area contributed by atoms with Crippen molar-refractivity contribution >= 4 is 5.91 Å². The Morgan fingerprint density at radius 2 is 2.00 bits per heavy atom. The average molecular weight is 187 g/mol. The summed E-state index contributed by atoms with van der Waals surface area (Å²) in [7, 11) is 0. The molecular formula is C9H21N3O. The van der Waals surface area contributed by atoms with Crippen molar-refractivity contribution < 1.29 is 4.79 Å². The molecule has 0 aromatic rings. The molecule has 0 spiro atoms. The molecule has 13 heavy (non-hydrogen) atoms. The Labute approximate surface area is 80.3 Å². The summed E-state index contributed by atoms with van der Waals surface area (Å²) < 4.78 is 0. The van der Waals surface area contributed by atoms with Gasteiger partial charge in [-0.15, -0.1) is 0 Å². The topological polar surface area (TPSA) is 67.2 Å². The predicted molar refractivity (Wildman–Crippen MR) is 54.4 cm³/mol. The highest BCUT2D eigenvalue weighted by Crippen LogP contribution is 1.83. The van der Waals surface area contributed by atoms with Gasteiger partial charge in [-0.1, -0.05) is 0 Å². The fourth-order valence-electron chi connectivity index (χ4n) is 0.910. The van der Waals surface area contributed by atoms with Crippen molar-refractivity contribution in [3.63, 3.8) is 0 Å². The molecule has 1 amide bonds. The van der Waals surface area contributed by atoms with Crippen LogP contribution in [-0.2, 0) is 4.79 Å². The number of hydrogen-bond donors (Lipinski definition) is 3. The van der Waals surface area contributed by atoms with Gasteiger partial charge in [0.2, 0.25) is 5.91 Å². The number of amides is 1. The molecule has 4 heteroatoms. The van der Waals surface area contributed by atoms with E-state index < -0.39 is 0 Å². The van der Waals surface area contributed by atoms with Crippen LogP contribution in [0.15, 0.2) is 0 Å². The van der Waals surface area contributed by atoms with Crippen LogP contribution in [0.3, 0.4) is 0 Å². The Morgan fingerprint density at radius 1 is 1.38 bits per heavy atom. The van der Waals surface area contributed by atoms with Gasteiger partial charge in [0.1, 0.15) is 0 Å². The molecule has 1 unspecified atom stereocenters. The largest absolute Gasteiger partial charge is 0.354 e. The number of carbonyl (C=O) groups is 1. The first-order valence-electron chi connectivity index (χ1n) is 4.79. The fraction of sp³-hybridized carbons (Fsp3) is 0.889. The highest BCUT2D eigenvalue weighted by molar-refractivity contribution is 5.76. The maximum atomic E-state index is 11.1. The van der Waals surface area contributed by atoms with Gasteiger partial charge >= 0.3 is 0 Å². The van der Waals surface area contributed by atoms with Crippen LogP contribution in [-0.4, -0.2) is 31.1 Å². The molecule has 0 rings (SSSR count). The minimum Gasteiger partial charge on any atom is -0.354 e. The van der Waals surface area contributed by atoms with E-state index in [4.69, 9.17) is 5.73 Å². The van der Waals surface area contributed by atoms with Crippen LogP contribution in [0.2, 0.25) is 0 Å². The lowest BCUT2D eigenvalue weighted by atomic mass is 10.3. The van der Waals surface area contributed by atoms with E-state index in [1.54, 1.807) is 0 Å². The molecule has 0 saturated heterocycles. The first kappa shape index (κ1) is 12.4. The lowest BCUT2D eigenvalue weighted by Crippen LogP contribution is -2.37. The number of hydrogen-bond acceptors (Lipinski definition) is 3. The molecular weight excluding hydrogens is 166 g/mol. The SMILES string of the molecule is CC(C)NC(=O)CCNC(C)CN. The zero-order chi connectivity index (χ0) is 10.3. The maximum Gasteiger partial charge on any atom is 0.221 e. The Kier molecular flexibility index (Phi) is 6.54. The van der Waals surface area contributed by atoms with Crippen LogP contribution < -0.4 is 16.4 Å². The second-order valence-electron chi connectivity index (χ2n) is 3.56. The Bertz CT molecular complexity index is 148. The van der Waals surface area contributed by atoms with E-state index in [-0.39, 0.29) is 18.0 Å². The van der Waals surface area contributed by atoms with Crippen molar-refractivity contribution in [1.29, 1.82) is 0 Å². The molecule has 4 N–H and O–H groups in total. The third kappa shape index (κ3) is 7.74. The van der Waals surface area contributed by atoms with E-state index in [1.165, 1.54) is 0 Å². The standard InChI is InChI=1S/C9H21N3O/c1-7(2)12-9(13)4-5-11-8(3)6-10/h7-8,11H,4-6,10H2,1-3H3,(H,12,13). The Hall–Kier alpha value is -0.610. The van der Waals surface area contributed by atoms with Crippen molar-refractivity contribution in [2.75, 3.05) is 13.1 Å². The molecule has 0 radical (unpaired) electrons. The first-order chi connectivity index (χ1) is 6.06. The zero-order valence-electron chi connectivity index (χ0n) is 8.76. The van der Waals surface area contributed by atoms with E-state index in [1.807, 2.05) is 20.8 Å². The Balaban J connectivity index is 3.37. The smallest absolute Gasteiger partial charge is 0.221 e. The van der Waals surface area contributed by atoms with Crippen LogP contribution in [0.5, 0.6) is 0 Å². The minimum absolute atomic E-state index is 0.0896. The molecule has 0 aromatic carbocycles. The van der Waals surface area contributed by atoms with Crippen molar-refractivity contribution in [2.45, 2.75) is 39.3 Å². The molecule has 0 saturated carbocycles. The maximum absolute atomic E-state index is 11.1. The molecule has 0 heterocycles. The van der Waals surface area contributed by atoms with E-state index in [0.29, 0.717) is 19.5 Å². The Morgan fingerprint density at radius 3 is 2.46 bits per heavy atom. The number of rotatable bonds is 6. The average Bonchev–Trinajstić information content (AvgIpc) is 2.02. The van der Waals surface area contributed by atoms with Gasteiger partial charge in [0.15, 0.2) is 0 Å². The van der Waals surface area contributed by atoms with Crippen molar-refractivity contribution in [2.24, 2.45) is 5.73 Å². The molecule has 0 aliphatic carbocycles. The van der Waals surface area contributed by atoms with E-state index in [2.05, 4.69) is 10.6 Å². The number of carbonyl (C=O) groups excluding carboxylic acids is 1. The van der Waals surface area contributed by atoms with Crippen LogP contribution in [0, 0.1) is 0 Å². The summed E-state index contributed by atoms with van der Waals surface area (Å²) in [4.78, 5) is 11.1. The fourth-order valence-corrected chi connectivity index (χ4v) is 0.910. The van der Waals surface area contributed by atoms with E-state index in [0.717, 1.165) is 0 Å². The van der Waals surface area contributed by atoms with Crippen LogP contribution in [0.1, 0.15) is 27.2 Å². The van der Waals surface area contributed by atoms with Crippen molar-refractivity contribution in [3.05, 3.63) is 0 Å². The second-order valence-corrected chi connectivity index (χ2v) is 3.56. The van der Waals surface area contributed by atoms with Gasteiger partial charge in [-0.05, 0) is 20.8 Å². The summed E-state index contributed by atoms with van der Waals surface area (Å²) in [6.07, 6.45) is 0.516.